The van der Waals surface area contributed by atoms with E-state index in [1.807, 2.05) is 42.5 Å². The van der Waals surface area contributed by atoms with E-state index in [-0.39, 0.29) is 5.91 Å². The molecule has 0 aliphatic carbocycles. The lowest BCUT2D eigenvalue weighted by Crippen LogP contribution is -2.28. The van der Waals surface area contributed by atoms with Crippen LogP contribution in [0.1, 0.15) is 28.4 Å². The number of para-hydroxylation sites is 1. The van der Waals surface area contributed by atoms with E-state index in [0.717, 1.165) is 16.9 Å². The molecule has 0 spiro atoms. The van der Waals surface area contributed by atoms with Gasteiger partial charge >= 0.3 is 0 Å². The van der Waals surface area contributed by atoms with Crippen LogP contribution in [0.25, 0.3) is 0 Å². The van der Waals surface area contributed by atoms with E-state index in [2.05, 4.69) is 10.5 Å². The molecule has 0 bridgehead atoms. The number of carboxylic acids is 1. The van der Waals surface area contributed by atoms with E-state index in [0.29, 0.717) is 23.6 Å². The molecule has 3 aromatic rings. The van der Waals surface area contributed by atoms with E-state index in [1.165, 1.54) is 0 Å². The van der Waals surface area contributed by atoms with Crippen molar-refractivity contribution in [2.75, 3.05) is 6.61 Å². The zero-order chi connectivity index (χ0) is 22.1. The van der Waals surface area contributed by atoms with Gasteiger partial charge in [-0.15, -0.1) is 0 Å². The van der Waals surface area contributed by atoms with Crippen LogP contribution in [0.3, 0.4) is 0 Å². The summed E-state index contributed by atoms with van der Waals surface area (Å²) in [5.74, 6) is -0.432. The third-order valence-corrected chi connectivity index (χ3v) is 4.32. The van der Waals surface area contributed by atoms with Crippen LogP contribution >= 0.6 is 0 Å². The molecule has 1 N–H and O–H groups in total. The van der Waals surface area contributed by atoms with Gasteiger partial charge in [-0.05, 0) is 66.6 Å². The summed E-state index contributed by atoms with van der Waals surface area (Å²) in [6.45, 7) is 1.65. The largest absolute Gasteiger partial charge is 0.546 e. The Labute approximate surface area is 179 Å². The van der Waals surface area contributed by atoms with Crippen LogP contribution in [0.2, 0.25) is 0 Å². The molecule has 0 atom stereocenters. The number of benzene rings is 3. The van der Waals surface area contributed by atoms with Gasteiger partial charge in [-0.2, -0.15) is 5.10 Å². The molecule has 3 aromatic carbocycles. The van der Waals surface area contributed by atoms with Gasteiger partial charge in [0.1, 0.15) is 24.7 Å². The number of carboxylic acid groups (broad SMARTS) is 1. The average molecular weight is 417 g/mol. The topological polar surface area (TPSA) is 100 Å². The van der Waals surface area contributed by atoms with Gasteiger partial charge in [-0.3, -0.25) is 4.79 Å². The third-order valence-electron chi connectivity index (χ3n) is 4.32. The van der Waals surface area contributed by atoms with Crippen molar-refractivity contribution in [2.24, 2.45) is 5.10 Å². The Bertz CT molecular complexity index is 1050. The van der Waals surface area contributed by atoms with Crippen molar-refractivity contribution in [2.45, 2.75) is 13.5 Å². The zero-order valence-electron chi connectivity index (χ0n) is 16.9. The molecule has 31 heavy (non-hydrogen) atoms. The van der Waals surface area contributed by atoms with Gasteiger partial charge in [0, 0.05) is 5.56 Å². The number of carbonyl (C=O) groups excluding carboxylic acids is 2. The maximum absolute atomic E-state index is 12.3. The fourth-order valence-electron chi connectivity index (χ4n) is 2.63. The molecular weight excluding hydrogens is 396 g/mol. The average Bonchev–Trinajstić information content (AvgIpc) is 2.81. The second kappa shape index (κ2) is 10.6. The number of aliphatic carboxylic acids is 1. The van der Waals surface area contributed by atoms with Crippen LogP contribution in [-0.4, -0.2) is 24.2 Å². The molecule has 1 amide bonds. The highest BCUT2D eigenvalue weighted by Crippen LogP contribution is 2.14. The first-order valence-electron chi connectivity index (χ1n) is 9.56. The van der Waals surface area contributed by atoms with Crippen LogP contribution in [0.4, 0.5) is 0 Å². The molecule has 158 valence electrons. The Balaban J connectivity index is 1.53. The highest BCUT2D eigenvalue weighted by molar-refractivity contribution is 6.00. The summed E-state index contributed by atoms with van der Waals surface area (Å²) in [5, 5.41) is 14.5. The minimum absolute atomic E-state index is 0.330. The van der Waals surface area contributed by atoms with Gasteiger partial charge in [-0.1, -0.05) is 30.3 Å². The van der Waals surface area contributed by atoms with Crippen molar-refractivity contribution in [3.05, 3.63) is 95.6 Å². The monoisotopic (exact) mass is 417 g/mol. The molecule has 0 fully saturated rings. The number of hydrogen-bond donors (Lipinski definition) is 1. The summed E-state index contributed by atoms with van der Waals surface area (Å²) in [6, 6.07) is 23.3. The predicted molar refractivity (Wildman–Crippen MR) is 114 cm³/mol. The van der Waals surface area contributed by atoms with E-state index in [1.54, 1.807) is 43.3 Å². The molecule has 7 nitrogen and oxygen atoms in total. The predicted octanol–water partition coefficient (Wildman–Crippen LogP) is 2.55. The number of ether oxygens (including phenoxy) is 2. The molecule has 0 aliphatic heterocycles. The molecule has 0 aromatic heterocycles. The summed E-state index contributed by atoms with van der Waals surface area (Å²) in [6.07, 6.45) is 0. The fourth-order valence-corrected chi connectivity index (χ4v) is 2.63. The van der Waals surface area contributed by atoms with E-state index >= 15 is 0 Å². The minimum atomic E-state index is -1.29. The highest BCUT2D eigenvalue weighted by atomic mass is 16.5. The summed E-state index contributed by atoms with van der Waals surface area (Å²) < 4.78 is 10.7. The number of rotatable bonds is 9. The lowest BCUT2D eigenvalue weighted by molar-refractivity contribution is -0.307. The SMILES string of the molecule is C/C(=N/NC(=O)c1ccc(COc2ccccc2)cc1)c1ccc(OCC(=O)[O-])cc1. The fraction of sp³-hybridized carbons (Fsp3) is 0.125. The smallest absolute Gasteiger partial charge is 0.271 e. The maximum Gasteiger partial charge on any atom is 0.271 e. The Morgan fingerprint density at radius 2 is 1.45 bits per heavy atom. The zero-order valence-corrected chi connectivity index (χ0v) is 16.9. The quantitative estimate of drug-likeness (QED) is 0.426. The van der Waals surface area contributed by atoms with Crippen molar-refractivity contribution in [1.82, 2.24) is 5.43 Å². The molecule has 7 heteroatoms. The molecule has 0 aliphatic rings. The van der Waals surface area contributed by atoms with Crippen molar-refractivity contribution >= 4 is 17.6 Å². The summed E-state index contributed by atoms with van der Waals surface area (Å²) in [7, 11) is 0. The molecule has 0 saturated heterocycles. The van der Waals surface area contributed by atoms with Gasteiger partial charge in [0.15, 0.2) is 0 Å². The third kappa shape index (κ3) is 6.71. The number of nitrogens with zero attached hydrogens (tertiary/aromatic N) is 1. The van der Waals surface area contributed by atoms with Crippen molar-refractivity contribution in [3.63, 3.8) is 0 Å². The van der Waals surface area contributed by atoms with E-state index in [4.69, 9.17) is 9.47 Å². The van der Waals surface area contributed by atoms with Gasteiger partial charge in [0.2, 0.25) is 0 Å². The first-order chi connectivity index (χ1) is 15.0. The summed E-state index contributed by atoms with van der Waals surface area (Å²) in [5.41, 5.74) is 5.30. The number of hydrogen-bond acceptors (Lipinski definition) is 6. The minimum Gasteiger partial charge on any atom is -0.546 e. The Morgan fingerprint density at radius 1 is 0.839 bits per heavy atom. The summed E-state index contributed by atoms with van der Waals surface area (Å²) in [4.78, 5) is 22.8. The highest BCUT2D eigenvalue weighted by Gasteiger charge is 2.06. The first-order valence-corrected chi connectivity index (χ1v) is 9.56. The second-order valence-electron chi connectivity index (χ2n) is 6.62. The number of amides is 1. The lowest BCUT2D eigenvalue weighted by Gasteiger charge is -2.08. The van der Waals surface area contributed by atoms with Crippen LogP contribution < -0.4 is 20.0 Å². The standard InChI is InChI=1S/C24H22N2O5/c1-17(19-11-13-22(14-12-19)31-16-23(27)28)25-26-24(29)20-9-7-18(8-10-20)15-30-21-5-3-2-4-6-21/h2-14H,15-16H2,1H3,(H,26,29)(H,27,28)/p-1/b25-17-. The maximum atomic E-state index is 12.3. The van der Waals surface area contributed by atoms with Crippen LogP contribution in [0.15, 0.2) is 84.0 Å². The van der Waals surface area contributed by atoms with Crippen molar-refractivity contribution in [3.8, 4) is 11.5 Å². The van der Waals surface area contributed by atoms with E-state index in [9.17, 15) is 14.7 Å². The molecule has 0 radical (unpaired) electrons. The molecule has 0 heterocycles. The number of hydrazone groups is 1. The van der Waals surface area contributed by atoms with Crippen LogP contribution in [0.5, 0.6) is 11.5 Å². The van der Waals surface area contributed by atoms with Gasteiger partial charge in [0.05, 0.1) is 11.7 Å². The lowest BCUT2D eigenvalue weighted by atomic mass is 10.1. The van der Waals surface area contributed by atoms with E-state index < -0.39 is 12.6 Å². The molecule has 0 saturated carbocycles. The molecule has 0 unspecified atom stereocenters. The van der Waals surface area contributed by atoms with Gasteiger partial charge < -0.3 is 19.4 Å². The van der Waals surface area contributed by atoms with Crippen molar-refractivity contribution in [1.29, 1.82) is 0 Å². The Kier molecular flexibility index (Phi) is 7.37. The Hall–Kier alpha value is -4.13. The molecule has 3 rings (SSSR count). The number of carbonyl (C=O) groups is 2. The van der Waals surface area contributed by atoms with Crippen LogP contribution in [0, 0.1) is 0 Å². The van der Waals surface area contributed by atoms with Gasteiger partial charge in [-0.25, -0.2) is 5.43 Å². The Morgan fingerprint density at radius 3 is 2.10 bits per heavy atom. The second-order valence-corrected chi connectivity index (χ2v) is 6.62. The van der Waals surface area contributed by atoms with Crippen molar-refractivity contribution < 1.29 is 24.2 Å². The molecular formula is C24H21N2O5-. The van der Waals surface area contributed by atoms with Gasteiger partial charge in [0.25, 0.3) is 5.91 Å². The summed E-state index contributed by atoms with van der Waals surface area (Å²) >= 11 is 0. The first kappa shape index (κ1) is 21.6. The van der Waals surface area contributed by atoms with Crippen LogP contribution in [-0.2, 0) is 11.4 Å². The normalized spacial score (nSPS) is 10.9. The number of nitrogens with one attached hydrogen (secondary N) is 1.